The minimum atomic E-state index is -0.429. The van der Waals surface area contributed by atoms with Gasteiger partial charge in [0.05, 0.1) is 18.2 Å². The van der Waals surface area contributed by atoms with Crippen LogP contribution in [-0.2, 0) is 0 Å². The predicted octanol–water partition coefficient (Wildman–Crippen LogP) is 2.43. The van der Waals surface area contributed by atoms with Crippen LogP contribution in [0.4, 0.5) is 0 Å². The first-order valence-corrected chi connectivity index (χ1v) is 5.90. The fraction of sp³-hybridized carbons (Fsp3) is 0.200. The molecule has 0 unspecified atom stereocenters. The van der Waals surface area contributed by atoms with E-state index in [1.807, 2.05) is 48.5 Å². The summed E-state index contributed by atoms with van der Waals surface area (Å²) in [7, 11) is 0. The number of hydrogen-bond donors (Lipinski definition) is 2. The van der Waals surface area contributed by atoms with Crippen molar-refractivity contribution in [3.8, 4) is 0 Å². The molecular weight excluding hydrogens is 210 g/mol. The predicted molar refractivity (Wildman–Crippen MR) is 67.5 cm³/mol. The molecule has 0 aliphatic carbocycles. The number of nitrogens with one attached hydrogen (secondary N) is 1. The van der Waals surface area contributed by atoms with Crippen LogP contribution < -0.4 is 5.32 Å². The average Bonchev–Trinajstić information content (AvgIpc) is 3.20. The summed E-state index contributed by atoms with van der Waals surface area (Å²) in [5, 5.41) is 13.6. The minimum Gasteiger partial charge on any atom is -0.387 e. The maximum absolute atomic E-state index is 10.2. The normalized spacial score (nSPS) is 24.3. The lowest BCUT2D eigenvalue weighted by molar-refractivity contribution is 0.173. The Morgan fingerprint density at radius 3 is 2.12 bits per heavy atom. The summed E-state index contributed by atoms with van der Waals surface area (Å²) in [5.74, 6) is 0. The molecule has 0 aromatic heterocycles. The van der Waals surface area contributed by atoms with E-state index < -0.39 is 6.10 Å². The van der Waals surface area contributed by atoms with E-state index in [9.17, 15) is 5.11 Å². The first-order valence-electron chi connectivity index (χ1n) is 5.90. The molecule has 2 N–H and O–H groups in total. The van der Waals surface area contributed by atoms with E-state index in [2.05, 4.69) is 17.4 Å². The Morgan fingerprint density at radius 2 is 1.47 bits per heavy atom. The van der Waals surface area contributed by atoms with E-state index in [1.54, 1.807) is 0 Å². The van der Waals surface area contributed by atoms with Crippen molar-refractivity contribution >= 4 is 0 Å². The molecule has 1 fully saturated rings. The van der Waals surface area contributed by atoms with E-state index in [-0.39, 0.29) is 12.1 Å². The molecule has 1 heterocycles. The van der Waals surface area contributed by atoms with Gasteiger partial charge in [-0.2, -0.15) is 0 Å². The van der Waals surface area contributed by atoms with Crippen molar-refractivity contribution in [2.45, 2.75) is 18.2 Å². The minimum absolute atomic E-state index is 0.139. The summed E-state index contributed by atoms with van der Waals surface area (Å²) in [6.45, 7) is 0. The molecule has 1 aliphatic heterocycles. The first-order chi connectivity index (χ1) is 8.36. The van der Waals surface area contributed by atoms with Crippen LogP contribution in [0.15, 0.2) is 60.7 Å². The molecule has 3 atom stereocenters. The lowest BCUT2D eigenvalue weighted by Crippen LogP contribution is -2.07. The monoisotopic (exact) mass is 225 g/mol. The van der Waals surface area contributed by atoms with E-state index in [4.69, 9.17) is 0 Å². The molecular formula is C15H15NO. The molecule has 0 bridgehead atoms. The largest absolute Gasteiger partial charge is 0.387 e. The summed E-state index contributed by atoms with van der Waals surface area (Å²) in [6.07, 6.45) is -0.429. The molecule has 86 valence electrons. The van der Waals surface area contributed by atoms with Crippen molar-refractivity contribution in [3.05, 3.63) is 71.8 Å². The van der Waals surface area contributed by atoms with Crippen molar-refractivity contribution in [3.63, 3.8) is 0 Å². The highest BCUT2D eigenvalue weighted by molar-refractivity contribution is 5.30. The van der Waals surface area contributed by atoms with Gasteiger partial charge in [-0.1, -0.05) is 60.7 Å². The second kappa shape index (κ2) is 4.32. The zero-order chi connectivity index (χ0) is 11.7. The second-order valence-corrected chi connectivity index (χ2v) is 4.44. The van der Waals surface area contributed by atoms with Crippen LogP contribution in [0.25, 0.3) is 0 Å². The number of rotatable bonds is 3. The topological polar surface area (TPSA) is 42.2 Å². The van der Waals surface area contributed by atoms with E-state index in [1.165, 1.54) is 5.56 Å². The average molecular weight is 225 g/mol. The molecule has 0 radical (unpaired) electrons. The molecule has 17 heavy (non-hydrogen) atoms. The third kappa shape index (κ3) is 2.09. The molecule has 1 saturated heterocycles. The van der Waals surface area contributed by atoms with Crippen molar-refractivity contribution in [1.29, 1.82) is 0 Å². The third-order valence-electron chi connectivity index (χ3n) is 3.26. The van der Waals surface area contributed by atoms with Gasteiger partial charge in [-0.25, -0.2) is 0 Å². The molecule has 1 aliphatic rings. The van der Waals surface area contributed by atoms with Gasteiger partial charge >= 0.3 is 0 Å². The third-order valence-corrected chi connectivity index (χ3v) is 3.26. The highest BCUT2D eigenvalue weighted by atomic mass is 16.3. The van der Waals surface area contributed by atoms with Gasteiger partial charge in [0.15, 0.2) is 0 Å². The van der Waals surface area contributed by atoms with Crippen LogP contribution in [0.2, 0.25) is 0 Å². The molecule has 3 rings (SSSR count). The van der Waals surface area contributed by atoms with Crippen LogP contribution in [0, 0.1) is 0 Å². The zero-order valence-corrected chi connectivity index (χ0v) is 9.45. The SMILES string of the molecule is O[C@H](c1ccccc1)[C@@H]1N[C@@H]1c1ccccc1. The van der Waals surface area contributed by atoms with Gasteiger partial charge in [0.1, 0.15) is 0 Å². The van der Waals surface area contributed by atoms with Crippen LogP contribution in [0.1, 0.15) is 23.3 Å². The Labute approximate surface area is 101 Å². The Morgan fingerprint density at radius 1 is 0.882 bits per heavy atom. The maximum atomic E-state index is 10.2. The number of aliphatic hydroxyl groups is 1. The fourth-order valence-corrected chi connectivity index (χ4v) is 2.25. The van der Waals surface area contributed by atoms with E-state index in [0.717, 1.165) is 5.56 Å². The van der Waals surface area contributed by atoms with Crippen LogP contribution in [0.5, 0.6) is 0 Å². The standard InChI is InChI=1S/C15H15NO/c17-15(12-9-5-2-6-10-12)14-13(16-14)11-7-3-1-4-8-11/h1-10,13-17H/t13-,14-,15-/m1/s1. The van der Waals surface area contributed by atoms with Gasteiger partial charge in [-0.3, -0.25) is 0 Å². The molecule has 2 aromatic carbocycles. The van der Waals surface area contributed by atoms with Crippen LogP contribution in [-0.4, -0.2) is 11.1 Å². The second-order valence-electron chi connectivity index (χ2n) is 4.44. The molecule has 2 nitrogen and oxygen atoms in total. The Bertz CT molecular complexity index is 483. The van der Waals surface area contributed by atoms with E-state index in [0.29, 0.717) is 0 Å². The summed E-state index contributed by atoms with van der Waals surface area (Å²) in [5.41, 5.74) is 2.22. The van der Waals surface area contributed by atoms with Crippen molar-refractivity contribution in [2.75, 3.05) is 0 Å². The van der Waals surface area contributed by atoms with Gasteiger partial charge in [0, 0.05) is 0 Å². The Kier molecular flexibility index (Phi) is 2.67. The highest BCUT2D eigenvalue weighted by Gasteiger charge is 2.42. The van der Waals surface area contributed by atoms with E-state index >= 15 is 0 Å². The zero-order valence-electron chi connectivity index (χ0n) is 9.45. The van der Waals surface area contributed by atoms with Gasteiger partial charge in [0.25, 0.3) is 0 Å². The van der Waals surface area contributed by atoms with Gasteiger partial charge in [-0.05, 0) is 11.1 Å². The molecule has 0 amide bonds. The van der Waals surface area contributed by atoms with Gasteiger partial charge in [-0.15, -0.1) is 0 Å². The Hall–Kier alpha value is -1.64. The number of hydrogen-bond acceptors (Lipinski definition) is 2. The van der Waals surface area contributed by atoms with Crippen LogP contribution >= 0.6 is 0 Å². The summed E-state index contributed by atoms with van der Waals surface area (Å²) in [4.78, 5) is 0. The van der Waals surface area contributed by atoms with Gasteiger partial charge in [0.2, 0.25) is 0 Å². The van der Waals surface area contributed by atoms with Gasteiger partial charge < -0.3 is 10.4 Å². The fourth-order valence-electron chi connectivity index (χ4n) is 2.25. The molecule has 2 heteroatoms. The molecule has 0 saturated carbocycles. The summed E-state index contributed by atoms with van der Waals surface area (Å²) < 4.78 is 0. The molecule has 0 spiro atoms. The van der Waals surface area contributed by atoms with Crippen LogP contribution in [0.3, 0.4) is 0 Å². The lowest BCUT2D eigenvalue weighted by atomic mass is 10.0. The van der Waals surface area contributed by atoms with Crippen molar-refractivity contribution in [2.24, 2.45) is 0 Å². The number of aliphatic hydroxyl groups excluding tert-OH is 1. The smallest absolute Gasteiger partial charge is 0.0961 e. The first kappa shape index (κ1) is 10.5. The molecule has 2 aromatic rings. The van der Waals surface area contributed by atoms with Crippen molar-refractivity contribution < 1.29 is 5.11 Å². The summed E-state index contributed by atoms with van der Waals surface area (Å²) >= 11 is 0. The quantitative estimate of drug-likeness (QED) is 0.788. The Balaban J connectivity index is 1.73. The maximum Gasteiger partial charge on any atom is 0.0961 e. The highest BCUT2D eigenvalue weighted by Crippen LogP contribution is 2.37. The summed E-state index contributed by atoms with van der Waals surface area (Å²) in [6, 6.07) is 20.5. The lowest BCUT2D eigenvalue weighted by Gasteiger charge is -2.08. The van der Waals surface area contributed by atoms with Crippen molar-refractivity contribution in [1.82, 2.24) is 5.32 Å². The number of benzene rings is 2.